The monoisotopic (exact) mass is 257 g/mol. The number of hydrogen-bond donors (Lipinski definition) is 1. The zero-order valence-corrected chi connectivity index (χ0v) is 11.4. The van der Waals surface area contributed by atoms with Gasteiger partial charge >= 0.3 is 0 Å². The van der Waals surface area contributed by atoms with Crippen LogP contribution in [0.4, 0.5) is 5.95 Å². The number of benzene rings is 1. The minimum Gasteiger partial charge on any atom is -0.334 e. The Bertz CT molecular complexity index is 527. The van der Waals surface area contributed by atoms with Crippen LogP contribution in [0, 0.1) is 13.8 Å². The van der Waals surface area contributed by atoms with E-state index in [2.05, 4.69) is 32.2 Å². The van der Waals surface area contributed by atoms with Crippen LogP contribution in [0.2, 0.25) is 0 Å². The van der Waals surface area contributed by atoms with Gasteiger partial charge in [0.1, 0.15) is 0 Å². The molecule has 0 spiro atoms. The highest BCUT2D eigenvalue weighted by Gasteiger charge is 2.11. The highest BCUT2D eigenvalue weighted by atomic mass is 15.3. The smallest absolute Gasteiger partial charge is 0.245 e. The summed E-state index contributed by atoms with van der Waals surface area (Å²) in [6, 6.07) is 10.2. The van der Waals surface area contributed by atoms with Gasteiger partial charge in [-0.15, -0.1) is 5.10 Å². The van der Waals surface area contributed by atoms with Crippen molar-refractivity contribution in [1.82, 2.24) is 15.2 Å². The van der Waals surface area contributed by atoms with Gasteiger partial charge in [-0.1, -0.05) is 30.3 Å². The number of rotatable bonds is 5. The fourth-order valence-electron chi connectivity index (χ4n) is 1.79. The molecule has 2 aromatic rings. The Morgan fingerprint density at radius 1 is 1.05 bits per heavy atom. The molecule has 0 aliphatic rings. The van der Waals surface area contributed by atoms with Gasteiger partial charge in [0, 0.05) is 19.6 Å². The number of nitrogens with two attached hydrogens (primary N) is 1. The molecule has 5 nitrogen and oxygen atoms in total. The Balaban J connectivity index is 2.21. The lowest BCUT2D eigenvalue weighted by Crippen LogP contribution is -2.31. The summed E-state index contributed by atoms with van der Waals surface area (Å²) in [4.78, 5) is 6.53. The predicted octanol–water partition coefficient (Wildman–Crippen LogP) is 1.45. The third-order valence-electron chi connectivity index (χ3n) is 2.98. The second-order valence-electron chi connectivity index (χ2n) is 4.48. The predicted molar refractivity (Wildman–Crippen MR) is 75.8 cm³/mol. The maximum atomic E-state index is 5.67. The largest absolute Gasteiger partial charge is 0.334 e. The summed E-state index contributed by atoms with van der Waals surface area (Å²) in [5.41, 5.74) is 8.64. The van der Waals surface area contributed by atoms with Gasteiger partial charge < -0.3 is 10.6 Å². The molecular formula is C14H19N5. The van der Waals surface area contributed by atoms with Gasteiger partial charge in [-0.2, -0.15) is 5.10 Å². The van der Waals surface area contributed by atoms with Crippen molar-refractivity contribution < 1.29 is 0 Å². The molecule has 0 atom stereocenters. The van der Waals surface area contributed by atoms with Crippen molar-refractivity contribution in [3.05, 3.63) is 47.3 Å². The molecule has 2 rings (SSSR count). The van der Waals surface area contributed by atoms with E-state index in [-0.39, 0.29) is 0 Å². The quantitative estimate of drug-likeness (QED) is 0.878. The normalized spacial score (nSPS) is 10.5. The minimum atomic E-state index is 0.559. The molecule has 1 aromatic carbocycles. The van der Waals surface area contributed by atoms with Crippen LogP contribution in [0.1, 0.15) is 17.0 Å². The number of nitrogens with zero attached hydrogens (tertiary/aromatic N) is 4. The van der Waals surface area contributed by atoms with Gasteiger partial charge in [-0.05, 0) is 19.4 Å². The van der Waals surface area contributed by atoms with Gasteiger partial charge in [0.05, 0.1) is 11.4 Å². The fourth-order valence-corrected chi connectivity index (χ4v) is 1.79. The standard InChI is InChI=1S/C14H19N5/c1-11-12(2)17-18-14(16-11)19(9-8-15)10-13-6-4-3-5-7-13/h3-7H,8-10,15H2,1-2H3. The SMILES string of the molecule is Cc1nnc(N(CCN)Cc2ccccc2)nc1C. The molecule has 5 heteroatoms. The van der Waals surface area contributed by atoms with E-state index in [0.29, 0.717) is 19.0 Å². The first kappa shape index (κ1) is 13.4. The van der Waals surface area contributed by atoms with Crippen LogP contribution >= 0.6 is 0 Å². The summed E-state index contributed by atoms with van der Waals surface area (Å²) in [5.74, 6) is 0.636. The van der Waals surface area contributed by atoms with Crippen molar-refractivity contribution in [2.75, 3.05) is 18.0 Å². The highest BCUT2D eigenvalue weighted by molar-refractivity contribution is 5.32. The van der Waals surface area contributed by atoms with Gasteiger partial charge in [0.15, 0.2) is 0 Å². The van der Waals surface area contributed by atoms with E-state index in [1.165, 1.54) is 5.56 Å². The maximum absolute atomic E-state index is 5.67. The van der Waals surface area contributed by atoms with Crippen LogP contribution < -0.4 is 10.6 Å². The summed E-state index contributed by atoms with van der Waals surface area (Å²) >= 11 is 0. The van der Waals surface area contributed by atoms with E-state index in [1.807, 2.05) is 32.0 Å². The lowest BCUT2D eigenvalue weighted by atomic mass is 10.2. The van der Waals surface area contributed by atoms with Gasteiger partial charge in [0.2, 0.25) is 5.95 Å². The van der Waals surface area contributed by atoms with Crippen LogP contribution in [0.3, 0.4) is 0 Å². The van der Waals surface area contributed by atoms with E-state index in [9.17, 15) is 0 Å². The zero-order chi connectivity index (χ0) is 13.7. The summed E-state index contributed by atoms with van der Waals surface area (Å²) in [6.07, 6.45) is 0. The van der Waals surface area contributed by atoms with E-state index in [4.69, 9.17) is 5.73 Å². The number of aromatic nitrogens is 3. The van der Waals surface area contributed by atoms with Crippen LogP contribution in [0.5, 0.6) is 0 Å². The molecule has 1 heterocycles. The first-order valence-electron chi connectivity index (χ1n) is 6.37. The van der Waals surface area contributed by atoms with Crippen molar-refractivity contribution in [3.8, 4) is 0 Å². The average molecular weight is 257 g/mol. The second-order valence-corrected chi connectivity index (χ2v) is 4.48. The maximum Gasteiger partial charge on any atom is 0.245 e. The Hall–Kier alpha value is -2.01. The van der Waals surface area contributed by atoms with Crippen LogP contribution in [0.15, 0.2) is 30.3 Å². The topological polar surface area (TPSA) is 67.9 Å². The van der Waals surface area contributed by atoms with Crippen molar-refractivity contribution in [1.29, 1.82) is 0 Å². The first-order chi connectivity index (χ1) is 9.20. The molecule has 0 unspecified atom stereocenters. The Morgan fingerprint density at radius 2 is 1.79 bits per heavy atom. The molecule has 0 amide bonds. The molecule has 19 heavy (non-hydrogen) atoms. The van der Waals surface area contributed by atoms with Crippen molar-refractivity contribution in [3.63, 3.8) is 0 Å². The minimum absolute atomic E-state index is 0.559. The molecule has 0 saturated heterocycles. The molecule has 0 radical (unpaired) electrons. The third kappa shape index (κ3) is 3.48. The molecule has 0 aliphatic carbocycles. The van der Waals surface area contributed by atoms with Crippen LogP contribution in [-0.4, -0.2) is 28.3 Å². The average Bonchev–Trinajstić information content (AvgIpc) is 2.43. The van der Waals surface area contributed by atoms with Crippen molar-refractivity contribution in [2.45, 2.75) is 20.4 Å². The molecule has 0 fully saturated rings. The van der Waals surface area contributed by atoms with Crippen molar-refractivity contribution in [2.24, 2.45) is 5.73 Å². The summed E-state index contributed by atoms with van der Waals surface area (Å²) in [7, 11) is 0. The molecule has 100 valence electrons. The van der Waals surface area contributed by atoms with E-state index in [0.717, 1.165) is 17.9 Å². The molecule has 2 N–H and O–H groups in total. The van der Waals surface area contributed by atoms with Crippen molar-refractivity contribution >= 4 is 5.95 Å². The Labute approximate surface area is 113 Å². The summed E-state index contributed by atoms with van der Waals surface area (Å²) in [6.45, 7) is 5.85. The van der Waals surface area contributed by atoms with Crippen LogP contribution in [0.25, 0.3) is 0 Å². The zero-order valence-electron chi connectivity index (χ0n) is 11.4. The number of aryl methyl sites for hydroxylation is 2. The molecular weight excluding hydrogens is 238 g/mol. The molecule has 0 bridgehead atoms. The van der Waals surface area contributed by atoms with E-state index in [1.54, 1.807) is 0 Å². The molecule has 0 aliphatic heterocycles. The van der Waals surface area contributed by atoms with Gasteiger partial charge in [-0.3, -0.25) is 0 Å². The Kier molecular flexibility index (Phi) is 4.41. The van der Waals surface area contributed by atoms with E-state index >= 15 is 0 Å². The fraction of sp³-hybridized carbons (Fsp3) is 0.357. The summed E-state index contributed by atoms with van der Waals surface area (Å²) in [5, 5.41) is 8.29. The number of hydrogen-bond acceptors (Lipinski definition) is 5. The lowest BCUT2D eigenvalue weighted by Gasteiger charge is -2.21. The Morgan fingerprint density at radius 3 is 2.42 bits per heavy atom. The van der Waals surface area contributed by atoms with E-state index < -0.39 is 0 Å². The van der Waals surface area contributed by atoms with Crippen LogP contribution in [-0.2, 0) is 6.54 Å². The highest BCUT2D eigenvalue weighted by Crippen LogP contribution is 2.12. The molecule has 1 aromatic heterocycles. The molecule has 0 saturated carbocycles. The number of anilines is 1. The second kappa shape index (κ2) is 6.24. The van der Waals surface area contributed by atoms with Gasteiger partial charge in [-0.25, -0.2) is 4.98 Å². The summed E-state index contributed by atoms with van der Waals surface area (Å²) < 4.78 is 0. The van der Waals surface area contributed by atoms with Gasteiger partial charge in [0.25, 0.3) is 0 Å². The lowest BCUT2D eigenvalue weighted by molar-refractivity contribution is 0.732. The first-order valence-corrected chi connectivity index (χ1v) is 6.37. The third-order valence-corrected chi connectivity index (χ3v) is 2.98.